The average molecular weight is 387 g/mol. The normalized spacial score (nSPS) is 19.3. The molecule has 5 heteroatoms. The second-order valence-corrected chi connectivity index (χ2v) is 13.0. The molecular formula is C22H30O4Si. The van der Waals surface area contributed by atoms with Gasteiger partial charge in [-0.2, -0.15) is 0 Å². The van der Waals surface area contributed by atoms with E-state index in [9.17, 15) is 9.59 Å². The Morgan fingerprint density at radius 3 is 1.96 bits per heavy atom. The number of allylic oxidation sites excluding steroid dienone is 2. The van der Waals surface area contributed by atoms with E-state index in [-0.39, 0.29) is 13.2 Å². The molecule has 1 aromatic rings. The van der Waals surface area contributed by atoms with E-state index in [1.54, 1.807) is 13.8 Å². The molecule has 0 aliphatic heterocycles. The van der Waals surface area contributed by atoms with Gasteiger partial charge in [-0.1, -0.05) is 67.3 Å². The summed E-state index contributed by atoms with van der Waals surface area (Å²) in [7, 11) is -1.56. The van der Waals surface area contributed by atoms with Gasteiger partial charge in [0, 0.05) is 0 Å². The largest absolute Gasteiger partial charge is 0.465 e. The van der Waals surface area contributed by atoms with E-state index in [1.165, 1.54) is 0 Å². The molecule has 0 bridgehead atoms. The zero-order valence-corrected chi connectivity index (χ0v) is 18.0. The van der Waals surface area contributed by atoms with E-state index in [4.69, 9.17) is 9.47 Å². The topological polar surface area (TPSA) is 52.6 Å². The fraction of sp³-hybridized carbons (Fsp3) is 0.455. The molecule has 0 N–H and O–H groups in total. The van der Waals surface area contributed by atoms with Crippen molar-refractivity contribution in [1.29, 1.82) is 0 Å². The van der Waals surface area contributed by atoms with E-state index in [2.05, 4.69) is 31.4 Å². The van der Waals surface area contributed by atoms with Crippen LogP contribution in [0.15, 0.2) is 47.2 Å². The highest BCUT2D eigenvalue weighted by molar-refractivity contribution is 6.81. The predicted octanol–water partition coefficient (Wildman–Crippen LogP) is 4.78. The minimum atomic E-state index is -1.56. The molecule has 2 rings (SSSR count). The number of carbonyl (C=O) groups excluding carboxylic acids is 2. The number of ether oxygens (including phenoxy) is 2. The van der Waals surface area contributed by atoms with Crippen LogP contribution in [0, 0.1) is 5.41 Å². The van der Waals surface area contributed by atoms with Crippen LogP contribution >= 0.6 is 0 Å². The van der Waals surface area contributed by atoms with E-state index < -0.39 is 25.4 Å². The Kier molecular flexibility index (Phi) is 6.82. The summed E-state index contributed by atoms with van der Waals surface area (Å²) in [4.78, 5) is 25.7. The number of hydrogen-bond acceptors (Lipinski definition) is 4. The van der Waals surface area contributed by atoms with Crippen molar-refractivity contribution in [3.63, 3.8) is 0 Å². The number of rotatable bonds is 6. The van der Waals surface area contributed by atoms with Crippen molar-refractivity contribution in [2.45, 2.75) is 46.3 Å². The van der Waals surface area contributed by atoms with E-state index in [0.29, 0.717) is 12.8 Å². The minimum Gasteiger partial charge on any atom is -0.465 e. The summed E-state index contributed by atoms with van der Waals surface area (Å²) in [5, 5.41) is 0. The molecule has 1 aromatic carbocycles. The standard InChI is InChI=1S/C22H30O4Si/c1-6-25-20(23)22(21(24)26-7-2)14-18(13-17-11-9-8-10-12-17)19(15-22)16-27(3,4)5/h8-13,16H,6-7,14-15H2,1-5H3/b18-13-,19-16+. The number of benzene rings is 1. The first-order chi connectivity index (χ1) is 12.7. The van der Waals surface area contributed by atoms with Crippen LogP contribution in [0.3, 0.4) is 0 Å². The molecule has 0 aromatic heterocycles. The van der Waals surface area contributed by atoms with Crippen molar-refractivity contribution < 1.29 is 19.1 Å². The van der Waals surface area contributed by atoms with Crippen LogP contribution in [-0.2, 0) is 19.1 Å². The van der Waals surface area contributed by atoms with Gasteiger partial charge in [0.2, 0.25) is 0 Å². The first-order valence-electron chi connectivity index (χ1n) is 9.54. The fourth-order valence-corrected chi connectivity index (χ4v) is 4.74. The van der Waals surface area contributed by atoms with Crippen LogP contribution in [0.5, 0.6) is 0 Å². The molecule has 1 fully saturated rings. The molecule has 0 atom stereocenters. The third-order valence-corrected chi connectivity index (χ3v) is 5.69. The summed E-state index contributed by atoms with van der Waals surface area (Å²) in [6, 6.07) is 9.97. The second kappa shape index (κ2) is 8.70. The third kappa shape index (κ3) is 5.19. The SMILES string of the molecule is CCOC(=O)C1(C(=O)OCC)CC(=C/c2ccccc2)/C(=C/[Si](C)(C)C)C1. The van der Waals surface area contributed by atoms with Crippen LogP contribution in [-0.4, -0.2) is 33.2 Å². The van der Waals surface area contributed by atoms with Crippen molar-refractivity contribution in [3.8, 4) is 0 Å². The second-order valence-electron chi connectivity index (χ2n) is 7.99. The van der Waals surface area contributed by atoms with Crippen LogP contribution in [0.2, 0.25) is 19.6 Å². The molecule has 1 aliphatic rings. The van der Waals surface area contributed by atoms with Crippen LogP contribution in [0.1, 0.15) is 32.3 Å². The molecular weight excluding hydrogens is 356 g/mol. The molecule has 0 saturated heterocycles. The van der Waals surface area contributed by atoms with Crippen molar-refractivity contribution in [2.75, 3.05) is 13.2 Å². The van der Waals surface area contributed by atoms with Crippen molar-refractivity contribution in [3.05, 3.63) is 52.7 Å². The van der Waals surface area contributed by atoms with E-state index >= 15 is 0 Å². The lowest BCUT2D eigenvalue weighted by Gasteiger charge is -2.23. The Hall–Kier alpha value is -2.14. The van der Waals surface area contributed by atoms with Crippen molar-refractivity contribution in [1.82, 2.24) is 0 Å². The van der Waals surface area contributed by atoms with Gasteiger partial charge in [0.05, 0.1) is 21.3 Å². The maximum absolute atomic E-state index is 12.8. The lowest BCUT2D eigenvalue weighted by atomic mass is 9.85. The Morgan fingerprint density at radius 1 is 0.963 bits per heavy atom. The Bertz CT molecular complexity index is 723. The summed E-state index contributed by atoms with van der Waals surface area (Å²) >= 11 is 0. The van der Waals surface area contributed by atoms with E-state index in [0.717, 1.165) is 16.7 Å². The number of esters is 2. The molecule has 0 amide bonds. The summed E-state index contributed by atoms with van der Waals surface area (Å²) in [6.45, 7) is 10.7. The first kappa shape index (κ1) is 21.2. The highest BCUT2D eigenvalue weighted by Crippen LogP contribution is 2.48. The van der Waals surface area contributed by atoms with Crippen LogP contribution in [0.4, 0.5) is 0 Å². The molecule has 0 unspecified atom stereocenters. The zero-order valence-electron chi connectivity index (χ0n) is 17.0. The predicted molar refractivity (Wildman–Crippen MR) is 111 cm³/mol. The van der Waals surface area contributed by atoms with Gasteiger partial charge in [-0.25, -0.2) is 0 Å². The lowest BCUT2D eigenvalue weighted by molar-refractivity contribution is -0.171. The minimum absolute atomic E-state index is 0.241. The average Bonchev–Trinajstić information content (AvgIpc) is 2.94. The smallest absolute Gasteiger partial charge is 0.324 e. The van der Waals surface area contributed by atoms with Gasteiger partial charge in [0.1, 0.15) is 0 Å². The van der Waals surface area contributed by atoms with Gasteiger partial charge in [-0.15, -0.1) is 0 Å². The van der Waals surface area contributed by atoms with Crippen LogP contribution < -0.4 is 0 Å². The highest BCUT2D eigenvalue weighted by Gasteiger charge is 2.54. The van der Waals surface area contributed by atoms with Gasteiger partial charge < -0.3 is 9.47 Å². The van der Waals surface area contributed by atoms with Gasteiger partial charge in [0.25, 0.3) is 0 Å². The zero-order chi connectivity index (χ0) is 20.1. The Labute approximate surface area is 163 Å². The Morgan fingerprint density at radius 2 is 1.48 bits per heavy atom. The van der Waals surface area contributed by atoms with Crippen molar-refractivity contribution >= 4 is 26.1 Å². The molecule has 146 valence electrons. The quantitative estimate of drug-likeness (QED) is 0.401. The molecule has 1 aliphatic carbocycles. The maximum atomic E-state index is 12.8. The monoisotopic (exact) mass is 386 g/mol. The maximum Gasteiger partial charge on any atom is 0.324 e. The molecule has 0 spiro atoms. The lowest BCUT2D eigenvalue weighted by Crippen LogP contribution is -2.40. The van der Waals surface area contributed by atoms with Crippen molar-refractivity contribution in [2.24, 2.45) is 5.41 Å². The third-order valence-electron chi connectivity index (χ3n) is 4.48. The van der Waals surface area contributed by atoms with E-state index in [1.807, 2.05) is 30.3 Å². The van der Waals surface area contributed by atoms with Gasteiger partial charge in [0.15, 0.2) is 5.41 Å². The molecule has 0 radical (unpaired) electrons. The highest BCUT2D eigenvalue weighted by atomic mass is 28.3. The summed E-state index contributed by atoms with van der Waals surface area (Å²) in [5.74, 6) is -0.970. The number of hydrogen-bond donors (Lipinski definition) is 0. The fourth-order valence-electron chi connectivity index (χ4n) is 3.41. The van der Waals surface area contributed by atoms with Gasteiger partial charge in [-0.05, 0) is 37.8 Å². The summed E-state index contributed by atoms with van der Waals surface area (Å²) in [5.41, 5.74) is 4.14. The molecule has 1 saturated carbocycles. The van der Waals surface area contributed by atoms with Gasteiger partial charge in [-0.3, -0.25) is 9.59 Å². The molecule has 27 heavy (non-hydrogen) atoms. The summed E-state index contributed by atoms with van der Waals surface area (Å²) in [6.07, 6.45) is 2.73. The first-order valence-corrected chi connectivity index (χ1v) is 13.1. The molecule has 0 heterocycles. The Balaban J connectivity index is 2.55. The van der Waals surface area contributed by atoms with Crippen LogP contribution in [0.25, 0.3) is 6.08 Å². The number of carbonyl (C=O) groups is 2. The molecule has 4 nitrogen and oxygen atoms in total. The van der Waals surface area contributed by atoms with Gasteiger partial charge >= 0.3 is 11.9 Å². The summed E-state index contributed by atoms with van der Waals surface area (Å²) < 4.78 is 10.6.